The number of anilines is 1. The van der Waals surface area contributed by atoms with Crippen LogP contribution in [0.2, 0.25) is 0 Å². The molecule has 2 amide bonds. The molecular formula is C16H21N2O3S. The third-order valence-electron chi connectivity index (χ3n) is 4.37. The Morgan fingerprint density at radius 1 is 1.09 bits per heavy atom. The zero-order chi connectivity index (χ0) is 15.7. The van der Waals surface area contributed by atoms with Gasteiger partial charge in [-0.05, 0) is 67.2 Å². The molecule has 0 saturated heterocycles. The van der Waals surface area contributed by atoms with Gasteiger partial charge in [-0.25, -0.2) is 17.9 Å². The lowest BCUT2D eigenvalue weighted by Crippen LogP contribution is -2.36. The van der Waals surface area contributed by atoms with E-state index in [-0.39, 0.29) is 12.2 Å². The maximum atomic E-state index is 12.1. The SMILES string of the molecule is [CH2]CCS(=O)(=O)NC(=O)Nc1c2c(cc3c1CCC3)CCC2. The Balaban J connectivity index is 1.85. The molecule has 0 spiro atoms. The maximum absolute atomic E-state index is 12.1. The molecule has 3 rings (SSSR count). The fourth-order valence-corrected chi connectivity index (χ4v) is 4.30. The molecule has 0 unspecified atom stereocenters. The first-order valence-corrected chi connectivity index (χ1v) is 9.42. The molecule has 0 fully saturated rings. The number of benzene rings is 1. The van der Waals surface area contributed by atoms with Crippen molar-refractivity contribution in [3.8, 4) is 0 Å². The summed E-state index contributed by atoms with van der Waals surface area (Å²) in [4.78, 5) is 12.1. The first-order valence-electron chi connectivity index (χ1n) is 7.77. The lowest BCUT2D eigenvalue weighted by atomic mass is 9.99. The van der Waals surface area contributed by atoms with E-state index in [2.05, 4.69) is 23.0 Å². The Hall–Kier alpha value is -1.56. The molecule has 0 saturated carbocycles. The van der Waals surface area contributed by atoms with Crippen molar-refractivity contribution in [1.29, 1.82) is 0 Å². The van der Waals surface area contributed by atoms with Gasteiger partial charge < -0.3 is 5.32 Å². The number of urea groups is 1. The molecule has 22 heavy (non-hydrogen) atoms. The van der Waals surface area contributed by atoms with E-state index >= 15 is 0 Å². The quantitative estimate of drug-likeness (QED) is 0.894. The standard InChI is InChI=1S/C16H21N2O3S/c1-2-9-22(20,21)18-16(19)17-15-13-7-3-5-11(13)10-12-6-4-8-14(12)15/h10H,1-9H2,(H2,17,18,19). The van der Waals surface area contributed by atoms with Crippen LogP contribution in [0.4, 0.5) is 10.5 Å². The predicted molar refractivity (Wildman–Crippen MR) is 86.4 cm³/mol. The molecule has 1 aromatic rings. The van der Waals surface area contributed by atoms with Crippen molar-refractivity contribution in [3.63, 3.8) is 0 Å². The first-order chi connectivity index (χ1) is 10.5. The number of sulfonamides is 1. The highest BCUT2D eigenvalue weighted by Gasteiger charge is 2.25. The predicted octanol–water partition coefficient (Wildman–Crippen LogP) is 2.34. The Morgan fingerprint density at radius 3 is 2.23 bits per heavy atom. The minimum absolute atomic E-state index is 0.147. The van der Waals surface area contributed by atoms with Gasteiger partial charge in [0.25, 0.3) is 0 Å². The van der Waals surface area contributed by atoms with Crippen molar-refractivity contribution < 1.29 is 13.2 Å². The monoisotopic (exact) mass is 321 g/mol. The Labute approximate surface area is 131 Å². The molecule has 1 aromatic carbocycles. The number of aryl methyl sites for hydroxylation is 2. The summed E-state index contributed by atoms with van der Waals surface area (Å²) in [6, 6.07) is 1.61. The van der Waals surface area contributed by atoms with Crippen LogP contribution in [0.5, 0.6) is 0 Å². The molecule has 5 nitrogen and oxygen atoms in total. The van der Waals surface area contributed by atoms with E-state index < -0.39 is 16.1 Å². The van der Waals surface area contributed by atoms with Gasteiger partial charge in [0, 0.05) is 5.69 Å². The highest BCUT2D eigenvalue weighted by atomic mass is 32.2. The highest BCUT2D eigenvalue weighted by Crippen LogP contribution is 2.38. The van der Waals surface area contributed by atoms with Crippen LogP contribution in [-0.2, 0) is 35.7 Å². The van der Waals surface area contributed by atoms with Gasteiger partial charge in [0.15, 0.2) is 0 Å². The Bertz CT molecular complexity index is 678. The van der Waals surface area contributed by atoms with Crippen LogP contribution in [0.3, 0.4) is 0 Å². The number of carbonyl (C=O) groups excluding carboxylic acids is 1. The second-order valence-electron chi connectivity index (χ2n) is 5.96. The van der Waals surface area contributed by atoms with E-state index in [1.165, 1.54) is 22.3 Å². The van der Waals surface area contributed by atoms with E-state index in [1.807, 2.05) is 0 Å². The number of rotatable bonds is 4. The van der Waals surface area contributed by atoms with Crippen molar-refractivity contribution >= 4 is 21.7 Å². The molecule has 6 heteroatoms. The van der Waals surface area contributed by atoms with E-state index in [9.17, 15) is 13.2 Å². The van der Waals surface area contributed by atoms with Crippen molar-refractivity contribution in [3.05, 3.63) is 35.2 Å². The van der Waals surface area contributed by atoms with Gasteiger partial charge in [-0.2, -0.15) is 0 Å². The van der Waals surface area contributed by atoms with E-state index in [1.54, 1.807) is 0 Å². The smallest absolute Gasteiger partial charge is 0.307 e. The second kappa shape index (κ2) is 5.91. The number of hydrogen-bond donors (Lipinski definition) is 2. The van der Waals surface area contributed by atoms with Gasteiger partial charge in [-0.15, -0.1) is 0 Å². The van der Waals surface area contributed by atoms with Crippen LogP contribution >= 0.6 is 0 Å². The van der Waals surface area contributed by atoms with Crippen molar-refractivity contribution in [1.82, 2.24) is 4.72 Å². The zero-order valence-electron chi connectivity index (χ0n) is 12.6. The largest absolute Gasteiger partial charge is 0.332 e. The lowest BCUT2D eigenvalue weighted by molar-refractivity contribution is 0.256. The molecule has 0 bridgehead atoms. The fraction of sp³-hybridized carbons (Fsp3) is 0.500. The summed E-state index contributed by atoms with van der Waals surface area (Å²) < 4.78 is 25.4. The number of hydrogen-bond acceptors (Lipinski definition) is 3. The van der Waals surface area contributed by atoms with Crippen molar-refractivity contribution in [2.24, 2.45) is 0 Å². The number of carbonyl (C=O) groups is 1. The molecular weight excluding hydrogens is 300 g/mol. The average molecular weight is 321 g/mol. The number of nitrogens with one attached hydrogen (secondary N) is 2. The Kier molecular flexibility index (Phi) is 4.12. The fourth-order valence-electron chi connectivity index (χ4n) is 3.49. The summed E-state index contributed by atoms with van der Waals surface area (Å²) in [6.45, 7) is 3.51. The van der Waals surface area contributed by atoms with Gasteiger partial charge in [0.2, 0.25) is 10.0 Å². The van der Waals surface area contributed by atoms with Crippen LogP contribution in [0.15, 0.2) is 6.07 Å². The summed E-state index contributed by atoms with van der Waals surface area (Å²) in [5, 5.41) is 2.81. The number of fused-ring (bicyclic) bond motifs is 2. The average Bonchev–Trinajstić information content (AvgIpc) is 3.05. The van der Waals surface area contributed by atoms with Crippen molar-refractivity contribution in [2.75, 3.05) is 11.1 Å². The van der Waals surface area contributed by atoms with Gasteiger partial charge in [-0.1, -0.05) is 13.0 Å². The molecule has 119 valence electrons. The summed E-state index contributed by atoms with van der Waals surface area (Å²) in [6.07, 6.45) is 6.40. The molecule has 2 aliphatic rings. The number of amides is 2. The molecule has 2 N–H and O–H groups in total. The minimum atomic E-state index is -3.60. The molecule has 0 atom stereocenters. The van der Waals surface area contributed by atoms with E-state index in [4.69, 9.17) is 0 Å². The normalized spacial score (nSPS) is 16.2. The Morgan fingerprint density at radius 2 is 1.68 bits per heavy atom. The first kappa shape index (κ1) is 15.3. The molecule has 1 radical (unpaired) electrons. The van der Waals surface area contributed by atoms with Gasteiger partial charge in [0.1, 0.15) is 0 Å². The van der Waals surface area contributed by atoms with Gasteiger partial charge in [-0.3, -0.25) is 0 Å². The van der Waals surface area contributed by atoms with Crippen LogP contribution in [0.25, 0.3) is 0 Å². The summed E-state index contributed by atoms with van der Waals surface area (Å²) in [5.41, 5.74) is 5.83. The lowest BCUT2D eigenvalue weighted by Gasteiger charge is -2.16. The van der Waals surface area contributed by atoms with Crippen LogP contribution in [-0.4, -0.2) is 20.2 Å². The van der Waals surface area contributed by atoms with Gasteiger partial charge >= 0.3 is 6.03 Å². The molecule has 2 aliphatic carbocycles. The third-order valence-corrected chi connectivity index (χ3v) is 5.70. The summed E-state index contributed by atoms with van der Waals surface area (Å²) in [7, 11) is -3.60. The zero-order valence-corrected chi connectivity index (χ0v) is 13.4. The van der Waals surface area contributed by atoms with Gasteiger partial charge in [0.05, 0.1) is 5.75 Å². The maximum Gasteiger partial charge on any atom is 0.332 e. The van der Waals surface area contributed by atoms with Crippen LogP contribution < -0.4 is 10.0 Å². The molecule has 0 aromatic heterocycles. The molecule has 0 aliphatic heterocycles. The second-order valence-corrected chi connectivity index (χ2v) is 7.80. The summed E-state index contributed by atoms with van der Waals surface area (Å²) >= 11 is 0. The third kappa shape index (κ3) is 2.97. The van der Waals surface area contributed by atoms with E-state index in [0.29, 0.717) is 0 Å². The molecule has 0 heterocycles. The topological polar surface area (TPSA) is 75.3 Å². The van der Waals surface area contributed by atoms with E-state index in [0.717, 1.165) is 44.2 Å². The van der Waals surface area contributed by atoms with Crippen LogP contribution in [0.1, 0.15) is 41.5 Å². The highest BCUT2D eigenvalue weighted by molar-refractivity contribution is 7.90. The van der Waals surface area contributed by atoms with Crippen molar-refractivity contribution in [2.45, 2.75) is 44.9 Å². The minimum Gasteiger partial charge on any atom is -0.307 e. The van der Waals surface area contributed by atoms with Crippen LogP contribution in [0, 0.1) is 6.92 Å². The summed E-state index contributed by atoms with van der Waals surface area (Å²) in [5.74, 6) is -0.147.